The van der Waals surface area contributed by atoms with Gasteiger partial charge in [0.25, 0.3) is 0 Å². The molecule has 4 heterocycles. The summed E-state index contributed by atoms with van der Waals surface area (Å²) in [5, 5.41) is 9.56. The van der Waals surface area contributed by atoms with Gasteiger partial charge in [0.1, 0.15) is 0 Å². The molecular weight excluding hydrogens is 340 g/mol. The Morgan fingerprint density at radius 2 is 1.96 bits per heavy atom. The van der Waals surface area contributed by atoms with Crippen molar-refractivity contribution in [2.24, 2.45) is 0 Å². The number of rotatable bonds is 4. The van der Waals surface area contributed by atoms with Crippen molar-refractivity contribution in [3.63, 3.8) is 0 Å². The van der Waals surface area contributed by atoms with Crippen molar-refractivity contribution in [3.8, 4) is 5.69 Å². The highest BCUT2D eigenvalue weighted by Crippen LogP contribution is 2.24. The number of nitrogens with one attached hydrogen (secondary N) is 2. The number of anilines is 2. The van der Waals surface area contributed by atoms with Gasteiger partial charge >= 0.3 is 0 Å². The number of aromatic nitrogens is 5. The van der Waals surface area contributed by atoms with Crippen molar-refractivity contribution in [1.82, 2.24) is 34.6 Å². The second-order valence-corrected chi connectivity index (χ2v) is 6.34. The first-order chi connectivity index (χ1) is 13.3. The predicted octanol–water partition coefficient (Wildman–Crippen LogP) is 2.45. The SMILES string of the molecule is CN1C=C(c2cnc3c(Nc4ccc(-n5cccn5)cc4)nccn23)CN1. The van der Waals surface area contributed by atoms with E-state index in [1.165, 1.54) is 5.57 Å². The lowest BCUT2D eigenvalue weighted by Gasteiger charge is -2.09. The van der Waals surface area contributed by atoms with Crippen molar-refractivity contribution in [1.29, 1.82) is 0 Å². The van der Waals surface area contributed by atoms with Crippen LogP contribution < -0.4 is 10.7 Å². The first-order valence-corrected chi connectivity index (χ1v) is 8.64. The molecule has 0 radical (unpaired) electrons. The summed E-state index contributed by atoms with van der Waals surface area (Å²) in [5.74, 6) is 0.718. The maximum absolute atomic E-state index is 4.58. The molecular formula is C19H18N8. The fraction of sp³-hybridized carbons (Fsp3) is 0.105. The van der Waals surface area contributed by atoms with E-state index in [4.69, 9.17) is 0 Å². The zero-order valence-corrected chi connectivity index (χ0v) is 14.7. The molecule has 1 aliphatic rings. The smallest absolute Gasteiger partial charge is 0.180 e. The third kappa shape index (κ3) is 2.81. The summed E-state index contributed by atoms with van der Waals surface area (Å²) in [6.45, 7) is 0.782. The van der Waals surface area contributed by atoms with E-state index in [1.54, 1.807) is 12.4 Å². The van der Waals surface area contributed by atoms with Crippen LogP contribution in [0.25, 0.3) is 16.9 Å². The van der Waals surface area contributed by atoms with Crippen molar-refractivity contribution < 1.29 is 0 Å². The molecule has 0 atom stereocenters. The minimum Gasteiger partial charge on any atom is -0.337 e. The Hall–Kier alpha value is -3.65. The van der Waals surface area contributed by atoms with Gasteiger partial charge in [-0.2, -0.15) is 5.10 Å². The summed E-state index contributed by atoms with van der Waals surface area (Å²) < 4.78 is 3.88. The van der Waals surface area contributed by atoms with Crippen LogP contribution >= 0.6 is 0 Å². The summed E-state index contributed by atoms with van der Waals surface area (Å²) in [6, 6.07) is 9.93. The number of hydrogen-bond donors (Lipinski definition) is 2. The number of fused-ring (bicyclic) bond motifs is 1. The van der Waals surface area contributed by atoms with Crippen LogP contribution in [0.5, 0.6) is 0 Å². The molecule has 0 aliphatic carbocycles. The standard InChI is InChI=1S/C19H18N8/c1-25-13-14(11-23-25)17-12-21-19-18(20-8-10-26(17)19)24-15-3-5-16(6-4-15)27-9-2-7-22-27/h2-10,12-13,23H,11H2,1H3,(H,20,24). The molecule has 134 valence electrons. The lowest BCUT2D eigenvalue weighted by atomic mass is 10.2. The number of benzene rings is 1. The third-order valence-electron chi connectivity index (χ3n) is 4.52. The van der Waals surface area contributed by atoms with Crippen LogP contribution in [0, 0.1) is 0 Å². The minimum absolute atomic E-state index is 0.718. The van der Waals surface area contributed by atoms with Crippen LogP contribution in [0.4, 0.5) is 11.5 Å². The lowest BCUT2D eigenvalue weighted by molar-refractivity contribution is 0.374. The average Bonchev–Trinajstić information content (AvgIpc) is 3.43. The van der Waals surface area contributed by atoms with Crippen molar-refractivity contribution in [3.05, 3.63) is 73.2 Å². The molecule has 8 nitrogen and oxygen atoms in total. The molecule has 8 heteroatoms. The largest absolute Gasteiger partial charge is 0.337 e. The molecule has 0 amide bonds. The zero-order valence-electron chi connectivity index (χ0n) is 14.7. The van der Waals surface area contributed by atoms with Gasteiger partial charge in [0, 0.05) is 55.8 Å². The van der Waals surface area contributed by atoms with Gasteiger partial charge in [-0.05, 0) is 30.3 Å². The molecule has 1 aromatic carbocycles. The van der Waals surface area contributed by atoms with E-state index in [9.17, 15) is 0 Å². The van der Waals surface area contributed by atoms with Gasteiger partial charge in [0.15, 0.2) is 11.5 Å². The summed E-state index contributed by atoms with van der Waals surface area (Å²) in [4.78, 5) is 9.05. The zero-order chi connectivity index (χ0) is 18.2. The van der Waals surface area contributed by atoms with Crippen LogP contribution in [0.3, 0.4) is 0 Å². The van der Waals surface area contributed by atoms with Crippen molar-refractivity contribution in [2.45, 2.75) is 0 Å². The van der Waals surface area contributed by atoms with Gasteiger partial charge in [-0.1, -0.05) is 0 Å². The Morgan fingerprint density at radius 3 is 2.70 bits per heavy atom. The second kappa shape index (κ2) is 6.26. The average molecular weight is 358 g/mol. The van der Waals surface area contributed by atoms with Gasteiger partial charge in [-0.25, -0.2) is 20.1 Å². The number of hydrogen-bond acceptors (Lipinski definition) is 6. The number of hydrazine groups is 1. The fourth-order valence-electron chi connectivity index (χ4n) is 3.19. The van der Waals surface area contributed by atoms with Crippen molar-refractivity contribution >= 4 is 22.7 Å². The molecule has 4 aromatic rings. The molecule has 0 spiro atoms. The monoisotopic (exact) mass is 358 g/mol. The fourth-order valence-corrected chi connectivity index (χ4v) is 3.19. The Bertz CT molecular complexity index is 1110. The molecule has 2 N–H and O–H groups in total. The van der Waals surface area contributed by atoms with Gasteiger partial charge in [0.05, 0.1) is 17.6 Å². The molecule has 0 fully saturated rings. The predicted molar refractivity (Wildman–Crippen MR) is 104 cm³/mol. The van der Waals surface area contributed by atoms with E-state index in [2.05, 4.69) is 36.4 Å². The highest BCUT2D eigenvalue weighted by atomic mass is 15.5. The van der Waals surface area contributed by atoms with Crippen LogP contribution in [0.1, 0.15) is 5.69 Å². The Labute approximate surface area is 155 Å². The summed E-state index contributed by atoms with van der Waals surface area (Å²) in [6.07, 6.45) is 11.4. The van der Waals surface area contributed by atoms with Crippen LogP contribution in [0.2, 0.25) is 0 Å². The van der Waals surface area contributed by atoms with E-state index in [0.29, 0.717) is 0 Å². The van der Waals surface area contributed by atoms with Gasteiger partial charge < -0.3 is 10.3 Å². The van der Waals surface area contributed by atoms with Crippen LogP contribution in [-0.4, -0.2) is 42.8 Å². The second-order valence-electron chi connectivity index (χ2n) is 6.34. The lowest BCUT2D eigenvalue weighted by Crippen LogP contribution is -2.23. The molecule has 0 unspecified atom stereocenters. The van der Waals surface area contributed by atoms with Crippen molar-refractivity contribution in [2.75, 3.05) is 18.9 Å². The molecule has 0 saturated heterocycles. The topological polar surface area (TPSA) is 75.3 Å². The first kappa shape index (κ1) is 15.6. The van der Waals surface area contributed by atoms with Gasteiger partial charge in [-0.15, -0.1) is 0 Å². The van der Waals surface area contributed by atoms with E-state index in [0.717, 1.165) is 35.1 Å². The first-order valence-electron chi connectivity index (χ1n) is 8.64. The normalized spacial score (nSPS) is 14.0. The molecule has 0 saturated carbocycles. The Balaban J connectivity index is 1.45. The maximum atomic E-state index is 4.58. The molecule has 5 rings (SSSR count). The van der Waals surface area contributed by atoms with E-state index < -0.39 is 0 Å². The molecule has 1 aliphatic heterocycles. The Morgan fingerprint density at radius 1 is 1.07 bits per heavy atom. The van der Waals surface area contributed by atoms with E-state index in [-0.39, 0.29) is 0 Å². The van der Waals surface area contributed by atoms with Crippen LogP contribution in [-0.2, 0) is 0 Å². The highest BCUT2D eigenvalue weighted by Gasteiger charge is 2.16. The van der Waals surface area contributed by atoms with Crippen LogP contribution in [0.15, 0.2) is 67.5 Å². The quantitative estimate of drug-likeness (QED) is 0.584. The number of imidazole rings is 1. The third-order valence-corrected chi connectivity index (χ3v) is 4.52. The summed E-state index contributed by atoms with van der Waals surface area (Å²) in [7, 11) is 1.98. The van der Waals surface area contributed by atoms with E-state index in [1.807, 2.05) is 65.7 Å². The number of nitrogens with zero attached hydrogens (tertiary/aromatic N) is 6. The van der Waals surface area contributed by atoms with Gasteiger partial charge in [0.2, 0.25) is 0 Å². The van der Waals surface area contributed by atoms with E-state index >= 15 is 0 Å². The minimum atomic E-state index is 0.718. The molecule has 27 heavy (non-hydrogen) atoms. The van der Waals surface area contributed by atoms with Gasteiger partial charge in [-0.3, -0.25) is 4.40 Å². The molecule has 0 bridgehead atoms. The Kier molecular flexibility index (Phi) is 3.61. The summed E-state index contributed by atoms with van der Waals surface area (Å²) >= 11 is 0. The summed E-state index contributed by atoms with van der Waals surface area (Å²) in [5.41, 5.74) is 8.23. The highest BCUT2D eigenvalue weighted by molar-refractivity contribution is 5.74. The maximum Gasteiger partial charge on any atom is 0.180 e. The molecule has 3 aromatic heterocycles.